The average Bonchev–Trinajstić information content (AvgIpc) is 3.13. The van der Waals surface area contributed by atoms with Crippen LogP contribution in [0.15, 0.2) is 42.7 Å². The molecule has 2 aliphatic rings. The Kier molecular flexibility index (Phi) is 4.62. The maximum absolute atomic E-state index is 13.0. The van der Waals surface area contributed by atoms with Crippen molar-refractivity contribution in [2.45, 2.75) is 31.8 Å². The molecule has 0 bridgehead atoms. The number of fused-ring (bicyclic) bond motifs is 2. The average molecular weight is 403 g/mol. The van der Waals surface area contributed by atoms with E-state index in [0.717, 1.165) is 47.6 Å². The molecule has 3 aromatic rings. The third-order valence-corrected chi connectivity index (χ3v) is 6.40. The minimum Gasteiger partial charge on any atom is -0.368 e. The Morgan fingerprint density at radius 1 is 1.13 bits per heavy atom. The lowest BCUT2D eigenvalue weighted by atomic mass is 9.83. The van der Waals surface area contributed by atoms with Crippen LogP contribution in [0.4, 0.5) is 0 Å². The largest absolute Gasteiger partial charge is 0.368 e. The first kappa shape index (κ1) is 18.9. The fourth-order valence-corrected chi connectivity index (χ4v) is 4.47. The quantitative estimate of drug-likeness (QED) is 0.658. The summed E-state index contributed by atoms with van der Waals surface area (Å²) >= 11 is 0. The van der Waals surface area contributed by atoms with Gasteiger partial charge in [-0.25, -0.2) is 9.97 Å². The molecule has 7 nitrogen and oxygen atoms in total. The van der Waals surface area contributed by atoms with Crippen LogP contribution >= 0.6 is 0 Å². The van der Waals surface area contributed by atoms with Gasteiger partial charge in [-0.15, -0.1) is 0 Å². The molecule has 1 amide bonds. The van der Waals surface area contributed by atoms with Crippen molar-refractivity contribution in [2.24, 2.45) is 7.05 Å². The number of ether oxygens (including phenoxy) is 1. The molecular weight excluding hydrogens is 378 g/mol. The van der Waals surface area contributed by atoms with Crippen molar-refractivity contribution in [1.29, 1.82) is 0 Å². The highest BCUT2D eigenvalue weighted by molar-refractivity contribution is 5.95. The summed E-state index contributed by atoms with van der Waals surface area (Å²) in [6, 6.07) is 10.0. The zero-order chi connectivity index (χ0) is 20.7. The smallest absolute Gasteiger partial charge is 0.257 e. The van der Waals surface area contributed by atoms with Crippen LogP contribution in [0.1, 0.15) is 40.2 Å². The molecule has 1 aromatic carbocycles. The Labute approximate surface area is 175 Å². The molecule has 0 atom stereocenters. The Bertz CT molecular complexity index is 1080. The normalized spacial score (nSPS) is 17.7. The van der Waals surface area contributed by atoms with Gasteiger partial charge < -0.3 is 9.64 Å². The molecule has 0 N–H and O–H groups in total. The van der Waals surface area contributed by atoms with E-state index < -0.39 is 5.60 Å². The summed E-state index contributed by atoms with van der Waals surface area (Å²) in [6.07, 6.45) is 5.90. The fourth-order valence-electron chi connectivity index (χ4n) is 4.47. The van der Waals surface area contributed by atoms with Gasteiger partial charge in [0.05, 0.1) is 24.1 Å². The second-order valence-corrected chi connectivity index (χ2v) is 8.09. The van der Waals surface area contributed by atoms with Crippen molar-refractivity contribution in [2.75, 3.05) is 19.7 Å². The lowest BCUT2D eigenvalue weighted by molar-refractivity contribution is -0.0967. The second kappa shape index (κ2) is 7.32. The standard InChI is InChI=1S/C23H25N5O2/c1-16-19(15-25-27(16)2)22(29)28-11-9-23(10-12-28)20-18(8-13-30-23)14-24-21(26-20)17-6-4-3-5-7-17/h3-7,14-15H,8-13H2,1-2H3. The number of carbonyl (C=O) groups excluding carboxylic acids is 1. The Morgan fingerprint density at radius 3 is 2.60 bits per heavy atom. The predicted octanol–water partition coefficient (Wildman–Crippen LogP) is 2.89. The van der Waals surface area contributed by atoms with Crippen LogP contribution in [0.25, 0.3) is 11.4 Å². The van der Waals surface area contributed by atoms with E-state index >= 15 is 0 Å². The van der Waals surface area contributed by atoms with Crippen molar-refractivity contribution in [3.63, 3.8) is 0 Å². The monoisotopic (exact) mass is 403 g/mol. The van der Waals surface area contributed by atoms with E-state index in [1.807, 2.05) is 55.4 Å². The molecule has 0 unspecified atom stereocenters. The summed E-state index contributed by atoms with van der Waals surface area (Å²) in [7, 11) is 1.86. The van der Waals surface area contributed by atoms with Gasteiger partial charge in [-0.1, -0.05) is 30.3 Å². The van der Waals surface area contributed by atoms with E-state index in [1.165, 1.54) is 0 Å². The van der Waals surface area contributed by atoms with Crippen molar-refractivity contribution in [3.8, 4) is 11.4 Å². The summed E-state index contributed by atoms with van der Waals surface area (Å²) in [6.45, 7) is 3.86. The van der Waals surface area contributed by atoms with Gasteiger partial charge in [-0.3, -0.25) is 9.48 Å². The molecule has 0 saturated carbocycles. The molecule has 0 radical (unpaired) electrons. The molecule has 1 spiro atoms. The van der Waals surface area contributed by atoms with Gasteiger partial charge >= 0.3 is 0 Å². The van der Waals surface area contributed by atoms with E-state index in [9.17, 15) is 4.79 Å². The number of nitrogens with zero attached hydrogens (tertiary/aromatic N) is 5. The minimum atomic E-state index is -0.444. The van der Waals surface area contributed by atoms with E-state index in [1.54, 1.807) is 10.9 Å². The van der Waals surface area contributed by atoms with Crippen LogP contribution in [0.3, 0.4) is 0 Å². The van der Waals surface area contributed by atoms with Crippen LogP contribution in [0.2, 0.25) is 0 Å². The van der Waals surface area contributed by atoms with Gasteiger partial charge in [0, 0.05) is 37.6 Å². The topological polar surface area (TPSA) is 73.1 Å². The highest BCUT2D eigenvalue weighted by atomic mass is 16.5. The van der Waals surface area contributed by atoms with Crippen LogP contribution < -0.4 is 0 Å². The molecule has 7 heteroatoms. The third kappa shape index (κ3) is 3.10. The number of hydrogen-bond donors (Lipinski definition) is 0. The first-order chi connectivity index (χ1) is 14.6. The predicted molar refractivity (Wildman–Crippen MR) is 112 cm³/mol. The number of piperidine rings is 1. The van der Waals surface area contributed by atoms with Crippen molar-refractivity contribution in [1.82, 2.24) is 24.6 Å². The zero-order valence-corrected chi connectivity index (χ0v) is 17.3. The molecule has 1 fully saturated rings. The highest BCUT2D eigenvalue weighted by Gasteiger charge is 2.43. The minimum absolute atomic E-state index is 0.0409. The lowest BCUT2D eigenvalue weighted by Gasteiger charge is -2.44. The van der Waals surface area contributed by atoms with Gasteiger partial charge in [0.15, 0.2) is 5.82 Å². The maximum atomic E-state index is 13.0. The maximum Gasteiger partial charge on any atom is 0.257 e. The number of likely N-dealkylation sites (tertiary alicyclic amines) is 1. The third-order valence-electron chi connectivity index (χ3n) is 6.40. The summed E-state index contributed by atoms with van der Waals surface area (Å²) < 4.78 is 8.08. The summed E-state index contributed by atoms with van der Waals surface area (Å²) in [5.74, 6) is 0.767. The van der Waals surface area contributed by atoms with E-state index in [-0.39, 0.29) is 5.91 Å². The SMILES string of the molecule is Cc1c(C(=O)N2CCC3(CC2)OCCc2cnc(-c4ccccc4)nc23)cnn1C. The van der Waals surface area contributed by atoms with Crippen LogP contribution in [-0.4, -0.2) is 50.3 Å². The molecule has 4 heterocycles. The molecule has 154 valence electrons. The molecule has 0 aliphatic carbocycles. The van der Waals surface area contributed by atoms with E-state index in [0.29, 0.717) is 25.3 Å². The number of aromatic nitrogens is 4. The first-order valence-electron chi connectivity index (χ1n) is 10.4. The second-order valence-electron chi connectivity index (χ2n) is 8.09. The van der Waals surface area contributed by atoms with Crippen molar-refractivity contribution in [3.05, 3.63) is 65.2 Å². The number of amides is 1. The zero-order valence-electron chi connectivity index (χ0n) is 17.3. The van der Waals surface area contributed by atoms with Gasteiger partial charge in [0.2, 0.25) is 0 Å². The fraction of sp³-hybridized carbons (Fsp3) is 0.391. The number of carbonyl (C=O) groups is 1. The Balaban J connectivity index is 1.41. The highest BCUT2D eigenvalue weighted by Crippen LogP contribution is 2.41. The van der Waals surface area contributed by atoms with Crippen molar-refractivity contribution < 1.29 is 9.53 Å². The summed E-state index contributed by atoms with van der Waals surface area (Å²) in [5.41, 5.74) is 4.27. The first-order valence-corrected chi connectivity index (χ1v) is 10.4. The molecule has 2 aromatic heterocycles. The number of rotatable bonds is 2. The van der Waals surface area contributed by atoms with Crippen LogP contribution in [0, 0.1) is 6.92 Å². The van der Waals surface area contributed by atoms with Gasteiger partial charge in [-0.05, 0) is 31.7 Å². The van der Waals surface area contributed by atoms with Gasteiger partial charge in [0.25, 0.3) is 5.91 Å². The molecule has 2 aliphatic heterocycles. The van der Waals surface area contributed by atoms with E-state index in [2.05, 4.69) is 10.1 Å². The summed E-state index contributed by atoms with van der Waals surface area (Å²) in [4.78, 5) is 24.5. The Morgan fingerprint density at radius 2 is 1.90 bits per heavy atom. The van der Waals surface area contributed by atoms with Gasteiger partial charge in [-0.2, -0.15) is 5.10 Å². The summed E-state index contributed by atoms with van der Waals surface area (Å²) in [5, 5.41) is 4.21. The molecule has 5 rings (SSSR count). The van der Waals surface area contributed by atoms with Crippen LogP contribution in [0.5, 0.6) is 0 Å². The number of aryl methyl sites for hydroxylation is 1. The lowest BCUT2D eigenvalue weighted by Crippen LogP contribution is -2.49. The molecule has 1 saturated heterocycles. The molecular formula is C23H25N5O2. The van der Waals surface area contributed by atoms with Gasteiger partial charge in [0.1, 0.15) is 5.60 Å². The molecule has 30 heavy (non-hydrogen) atoms. The number of hydrogen-bond acceptors (Lipinski definition) is 5. The van der Waals surface area contributed by atoms with Crippen molar-refractivity contribution >= 4 is 5.91 Å². The Hall–Kier alpha value is -3.06. The van der Waals surface area contributed by atoms with Crippen LogP contribution in [-0.2, 0) is 23.8 Å². The number of benzene rings is 1. The van der Waals surface area contributed by atoms with E-state index in [4.69, 9.17) is 9.72 Å².